The molecule has 0 aromatic heterocycles. The zero-order chi connectivity index (χ0) is 19.8. The SMILES string of the molecule is CNC(=O)c1cccc(NC(=O)NCCCN(C)c2ccccc2F)c1C. The van der Waals surface area contributed by atoms with E-state index in [4.69, 9.17) is 0 Å². The van der Waals surface area contributed by atoms with Crippen molar-refractivity contribution in [1.82, 2.24) is 10.6 Å². The van der Waals surface area contributed by atoms with E-state index >= 15 is 0 Å². The van der Waals surface area contributed by atoms with Crippen LogP contribution in [0.2, 0.25) is 0 Å². The largest absolute Gasteiger partial charge is 0.372 e. The topological polar surface area (TPSA) is 73.5 Å². The first-order chi connectivity index (χ1) is 12.9. The predicted molar refractivity (Wildman–Crippen MR) is 106 cm³/mol. The number of carbonyl (C=O) groups excluding carboxylic acids is 2. The van der Waals surface area contributed by atoms with Crippen molar-refractivity contribution in [3.05, 3.63) is 59.4 Å². The van der Waals surface area contributed by atoms with Crippen LogP contribution in [0.4, 0.5) is 20.6 Å². The van der Waals surface area contributed by atoms with Crippen LogP contribution in [0.15, 0.2) is 42.5 Å². The summed E-state index contributed by atoms with van der Waals surface area (Å²) in [6, 6.07) is 11.4. The van der Waals surface area contributed by atoms with Crippen molar-refractivity contribution in [2.45, 2.75) is 13.3 Å². The summed E-state index contributed by atoms with van der Waals surface area (Å²) in [4.78, 5) is 25.7. The third-order valence-electron chi connectivity index (χ3n) is 4.27. The van der Waals surface area contributed by atoms with E-state index in [-0.39, 0.29) is 17.8 Å². The van der Waals surface area contributed by atoms with Gasteiger partial charge in [-0.15, -0.1) is 0 Å². The van der Waals surface area contributed by atoms with E-state index < -0.39 is 0 Å². The number of nitrogens with zero attached hydrogens (tertiary/aromatic N) is 1. The highest BCUT2D eigenvalue weighted by Gasteiger charge is 2.12. The molecule has 0 bridgehead atoms. The van der Waals surface area contributed by atoms with Crippen molar-refractivity contribution in [3.63, 3.8) is 0 Å². The van der Waals surface area contributed by atoms with Gasteiger partial charge in [-0.25, -0.2) is 9.18 Å². The zero-order valence-corrected chi connectivity index (χ0v) is 15.8. The van der Waals surface area contributed by atoms with Gasteiger partial charge in [-0.1, -0.05) is 18.2 Å². The molecule has 144 valence electrons. The van der Waals surface area contributed by atoms with Crippen molar-refractivity contribution in [2.24, 2.45) is 0 Å². The van der Waals surface area contributed by atoms with E-state index in [0.29, 0.717) is 42.0 Å². The van der Waals surface area contributed by atoms with Gasteiger partial charge in [0.25, 0.3) is 5.91 Å². The van der Waals surface area contributed by atoms with Gasteiger partial charge in [0.15, 0.2) is 0 Å². The zero-order valence-electron chi connectivity index (χ0n) is 15.8. The molecule has 3 amide bonds. The lowest BCUT2D eigenvalue weighted by Crippen LogP contribution is -2.32. The predicted octanol–water partition coefficient (Wildman–Crippen LogP) is 3.14. The van der Waals surface area contributed by atoms with Crippen molar-refractivity contribution < 1.29 is 14.0 Å². The van der Waals surface area contributed by atoms with Crippen LogP contribution >= 0.6 is 0 Å². The second-order valence-corrected chi connectivity index (χ2v) is 6.16. The highest BCUT2D eigenvalue weighted by Crippen LogP contribution is 2.19. The Morgan fingerprint density at radius 2 is 1.85 bits per heavy atom. The number of carbonyl (C=O) groups is 2. The number of anilines is 2. The molecule has 2 aromatic rings. The number of hydrogen-bond donors (Lipinski definition) is 3. The van der Waals surface area contributed by atoms with Crippen LogP contribution in [0.1, 0.15) is 22.3 Å². The Morgan fingerprint density at radius 1 is 1.11 bits per heavy atom. The van der Waals surface area contributed by atoms with Crippen LogP contribution in [-0.2, 0) is 0 Å². The molecule has 0 radical (unpaired) electrons. The standard InChI is InChI=1S/C20H25FN4O2/c1-14-15(19(26)22-2)8-6-10-17(14)24-20(27)23-12-7-13-25(3)18-11-5-4-9-16(18)21/h4-6,8-11H,7,12-13H2,1-3H3,(H,22,26)(H2,23,24,27). The first-order valence-electron chi connectivity index (χ1n) is 8.76. The molecule has 7 heteroatoms. The molecule has 0 atom stereocenters. The summed E-state index contributed by atoms with van der Waals surface area (Å²) in [5, 5.41) is 8.10. The number of hydrogen-bond acceptors (Lipinski definition) is 3. The minimum absolute atomic E-state index is 0.201. The molecule has 0 aliphatic rings. The quantitative estimate of drug-likeness (QED) is 0.654. The van der Waals surface area contributed by atoms with Crippen LogP contribution in [0.3, 0.4) is 0 Å². The van der Waals surface area contributed by atoms with Gasteiger partial charge in [0, 0.05) is 38.4 Å². The molecule has 0 aliphatic carbocycles. The molecule has 2 rings (SSSR count). The normalized spacial score (nSPS) is 10.2. The van der Waals surface area contributed by atoms with Crippen LogP contribution < -0.4 is 20.9 Å². The number of urea groups is 1. The average Bonchev–Trinajstić information content (AvgIpc) is 2.66. The van der Waals surface area contributed by atoms with Gasteiger partial charge in [-0.2, -0.15) is 0 Å². The van der Waals surface area contributed by atoms with E-state index in [1.165, 1.54) is 6.07 Å². The van der Waals surface area contributed by atoms with Gasteiger partial charge in [-0.3, -0.25) is 4.79 Å². The highest BCUT2D eigenvalue weighted by atomic mass is 19.1. The van der Waals surface area contributed by atoms with Crippen LogP contribution in [0.5, 0.6) is 0 Å². The average molecular weight is 372 g/mol. The Labute approximate surface area is 158 Å². The fourth-order valence-electron chi connectivity index (χ4n) is 2.72. The fraction of sp³-hybridized carbons (Fsp3) is 0.300. The summed E-state index contributed by atoms with van der Waals surface area (Å²) in [6.07, 6.45) is 0.662. The first kappa shape index (κ1) is 20.2. The molecular weight excluding hydrogens is 347 g/mol. The Kier molecular flexibility index (Phi) is 7.16. The molecule has 0 saturated carbocycles. The summed E-state index contributed by atoms with van der Waals surface area (Å²) in [6.45, 7) is 2.83. The summed E-state index contributed by atoms with van der Waals surface area (Å²) in [5.41, 5.74) is 2.33. The number of nitrogens with one attached hydrogen (secondary N) is 3. The van der Waals surface area contributed by atoms with Crippen molar-refractivity contribution >= 4 is 23.3 Å². The molecule has 0 fully saturated rings. The number of halogens is 1. The second kappa shape index (κ2) is 9.56. The fourth-order valence-corrected chi connectivity index (χ4v) is 2.72. The van der Waals surface area contributed by atoms with E-state index in [2.05, 4.69) is 16.0 Å². The summed E-state index contributed by atoms with van der Waals surface area (Å²) < 4.78 is 13.7. The minimum atomic E-state index is -0.347. The van der Waals surface area contributed by atoms with Crippen molar-refractivity contribution in [3.8, 4) is 0 Å². The molecule has 6 nitrogen and oxygen atoms in total. The maximum atomic E-state index is 13.7. The summed E-state index contributed by atoms with van der Waals surface area (Å²) in [5.74, 6) is -0.468. The van der Waals surface area contributed by atoms with Crippen LogP contribution in [0.25, 0.3) is 0 Å². The Hall–Kier alpha value is -3.09. The molecule has 27 heavy (non-hydrogen) atoms. The first-order valence-corrected chi connectivity index (χ1v) is 8.76. The van der Waals surface area contributed by atoms with E-state index in [9.17, 15) is 14.0 Å². The molecule has 3 N–H and O–H groups in total. The molecule has 0 unspecified atom stereocenters. The second-order valence-electron chi connectivity index (χ2n) is 6.16. The highest BCUT2D eigenvalue weighted by molar-refractivity contribution is 5.98. The molecule has 0 saturated heterocycles. The monoisotopic (exact) mass is 372 g/mol. The lowest BCUT2D eigenvalue weighted by Gasteiger charge is -2.20. The van der Waals surface area contributed by atoms with Crippen LogP contribution in [-0.4, -0.2) is 39.1 Å². The minimum Gasteiger partial charge on any atom is -0.372 e. The number of para-hydroxylation sites is 1. The number of rotatable bonds is 7. The molecule has 0 heterocycles. The summed E-state index contributed by atoms with van der Waals surface area (Å²) >= 11 is 0. The Bertz CT molecular complexity index is 810. The third kappa shape index (κ3) is 5.44. The van der Waals surface area contributed by atoms with E-state index in [1.54, 1.807) is 50.4 Å². The smallest absolute Gasteiger partial charge is 0.319 e. The van der Waals surface area contributed by atoms with Gasteiger partial charge in [0.1, 0.15) is 5.82 Å². The van der Waals surface area contributed by atoms with E-state index in [0.717, 1.165) is 0 Å². The lowest BCUT2D eigenvalue weighted by molar-refractivity contribution is 0.0962. The van der Waals surface area contributed by atoms with E-state index in [1.807, 2.05) is 11.9 Å². The maximum absolute atomic E-state index is 13.7. The van der Waals surface area contributed by atoms with Gasteiger partial charge in [0.05, 0.1) is 5.69 Å². The maximum Gasteiger partial charge on any atom is 0.319 e. The molecular formula is C20H25FN4O2. The van der Waals surface area contributed by atoms with Gasteiger partial charge in [0.2, 0.25) is 0 Å². The molecule has 2 aromatic carbocycles. The van der Waals surface area contributed by atoms with Gasteiger partial charge in [-0.05, 0) is 43.2 Å². The van der Waals surface area contributed by atoms with Crippen LogP contribution in [0, 0.1) is 12.7 Å². The summed E-state index contributed by atoms with van der Waals surface area (Å²) in [7, 11) is 3.37. The van der Waals surface area contributed by atoms with Crippen molar-refractivity contribution in [2.75, 3.05) is 37.4 Å². The van der Waals surface area contributed by atoms with Gasteiger partial charge < -0.3 is 20.9 Å². The van der Waals surface area contributed by atoms with Gasteiger partial charge >= 0.3 is 6.03 Å². The number of amides is 3. The Morgan fingerprint density at radius 3 is 2.56 bits per heavy atom. The molecule has 0 spiro atoms. The van der Waals surface area contributed by atoms with Crippen molar-refractivity contribution in [1.29, 1.82) is 0 Å². The lowest BCUT2D eigenvalue weighted by atomic mass is 10.1. The molecule has 0 aliphatic heterocycles. The number of benzene rings is 2. The third-order valence-corrected chi connectivity index (χ3v) is 4.27. The Balaban J connectivity index is 1.82.